The van der Waals surface area contributed by atoms with Gasteiger partial charge in [-0.3, -0.25) is 9.78 Å². The van der Waals surface area contributed by atoms with Crippen molar-refractivity contribution < 1.29 is 22.7 Å². The number of pyridine rings is 1. The van der Waals surface area contributed by atoms with Crippen LogP contribution in [0.25, 0.3) is 10.9 Å². The Labute approximate surface area is 111 Å². The van der Waals surface area contributed by atoms with E-state index in [0.29, 0.717) is 22.3 Å². The van der Waals surface area contributed by atoms with Gasteiger partial charge in [0.1, 0.15) is 5.75 Å². The Kier molecular flexibility index (Phi) is 2.60. The SMILES string of the molecule is CC1Oc2cc3cc(C(F)(F)F)cnc3cc2NC1=O. The van der Waals surface area contributed by atoms with Crippen LogP contribution >= 0.6 is 0 Å². The van der Waals surface area contributed by atoms with Crippen LogP contribution in [0.1, 0.15) is 12.5 Å². The summed E-state index contributed by atoms with van der Waals surface area (Å²) < 4.78 is 43.3. The van der Waals surface area contributed by atoms with Crippen LogP contribution in [0.5, 0.6) is 5.75 Å². The van der Waals surface area contributed by atoms with Crippen LogP contribution in [0.15, 0.2) is 24.4 Å². The molecule has 7 heteroatoms. The molecule has 20 heavy (non-hydrogen) atoms. The van der Waals surface area contributed by atoms with Crippen molar-refractivity contribution in [1.82, 2.24) is 4.98 Å². The number of anilines is 1. The lowest BCUT2D eigenvalue weighted by Gasteiger charge is -2.23. The number of hydrogen-bond donors (Lipinski definition) is 1. The molecule has 1 aromatic heterocycles. The monoisotopic (exact) mass is 282 g/mol. The molecule has 1 amide bonds. The predicted molar refractivity (Wildman–Crippen MR) is 65.5 cm³/mol. The van der Waals surface area contributed by atoms with Crippen molar-refractivity contribution in [2.24, 2.45) is 0 Å². The van der Waals surface area contributed by atoms with Crippen LogP contribution in [0.3, 0.4) is 0 Å². The summed E-state index contributed by atoms with van der Waals surface area (Å²) in [4.78, 5) is 15.2. The predicted octanol–water partition coefficient (Wildman–Crippen LogP) is 2.97. The van der Waals surface area contributed by atoms with E-state index in [1.54, 1.807) is 6.92 Å². The van der Waals surface area contributed by atoms with Gasteiger partial charge in [-0.25, -0.2) is 0 Å². The molecule has 1 N–H and O–H groups in total. The Balaban J connectivity index is 2.14. The quantitative estimate of drug-likeness (QED) is 0.808. The number of halogens is 3. The summed E-state index contributed by atoms with van der Waals surface area (Å²) in [6.45, 7) is 1.56. The summed E-state index contributed by atoms with van der Waals surface area (Å²) in [5.41, 5.74) is -0.0547. The van der Waals surface area contributed by atoms with Gasteiger partial charge in [0.15, 0.2) is 6.10 Å². The van der Waals surface area contributed by atoms with Gasteiger partial charge in [0.2, 0.25) is 0 Å². The summed E-state index contributed by atoms with van der Waals surface area (Å²) >= 11 is 0. The van der Waals surface area contributed by atoms with E-state index < -0.39 is 17.8 Å². The standard InChI is InChI=1S/C13H9F3N2O2/c1-6-12(19)18-10-4-9-7(3-11(10)20-6)2-8(5-17-9)13(14,15)16/h2-6H,1H3,(H,18,19). The highest BCUT2D eigenvalue weighted by Crippen LogP contribution is 2.36. The largest absolute Gasteiger partial charge is 0.479 e. The molecule has 1 unspecified atom stereocenters. The molecule has 2 aromatic rings. The van der Waals surface area contributed by atoms with Gasteiger partial charge in [-0.15, -0.1) is 0 Å². The van der Waals surface area contributed by atoms with Gasteiger partial charge in [0.25, 0.3) is 5.91 Å². The zero-order chi connectivity index (χ0) is 14.5. The second kappa shape index (κ2) is 4.09. The number of rotatable bonds is 0. The number of amides is 1. The van der Waals surface area contributed by atoms with Gasteiger partial charge in [-0.05, 0) is 25.1 Å². The fourth-order valence-electron chi connectivity index (χ4n) is 1.98. The summed E-state index contributed by atoms with van der Waals surface area (Å²) in [6.07, 6.45) is -4.36. The number of nitrogens with zero attached hydrogens (tertiary/aromatic N) is 1. The van der Waals surface area contributed by atoms with Gasteiger partial charge in [0, 0.05) is 11.6 Å². The van der Waals surface area contributed by atoms with E-state index in [1.807, 2.05) is 0 Å². The maximum Gasteiger partial charge on any atom is 0.417 e. The van der Waals surface area contributed by atoms with Crippen molar-refractivity contribution in [2.45, 2.75) is 19.2 Å². The van der Waals surface area contributed by atoms with Crippen LogP contribution in [-0.4, -0.2) is 17.0 Å². The van der Waals surface area contributed by atoms with Crippen LogP contribution in [0.2, 0.25) is 0 Å². The zero-order valence-electron chi connectivity index (χ0n) is 10.3. The highest BCUT2D eigenvalue weighted by Gasteiger charge is 2.31. The highest BCUT2D eigenvalue weighted by molar-refractivity contribution is 6.00. The first-order valence-electron chi connectivity index (χ1n) is 5.83. The van der Waals surface area contributed by atoms with Crippen molar-refractivity contribution in [3.63, 3.8) is 0 Å². The third kappa shape index (κ3) is 2.04. The van der Waals surface area contributed by atoms with Gasteiger partial charge in [-0.2, -0.15) is 13.2 Å². The molecule has 4 nitrogen and oxygen atoms in total. The molecule has 0 radical (unpaired) electrons. The Morgan fingerprint density at radius 2 is 2.05 bits per heavy atom. The van der Waals surface area contributed by atoms with E-state index in [2.05, 4.69) is 10.3 Å². The molecule has 0 fully saturated rings. The second-order valence-corrected chi connectivity index (χ2v) is 4.51. The molecule has 0 spiro atoms. The van der Waals surface area contributed by atoms with Gasteiger partial charge >= 0.3 is 6.18 Å². The molecule has 0 aliphatic carbocycles. The highest BCUT2D eigenvalue weighted by atomic mass is 19.4. The zero-order valence-corrected chi connectivity index (χ0v) is 10.3. The Bertz CT molecular complexity index is 713. The van der Waals surface area contributed by atoms with Crippen LogP contribution < -0.4 is 10.1 Å². The summed E-state index contributed by atoms with van der Waals surface area (Å²) in [7, 11) is 0. The van der Waals surface area contributed by atoms with Crippen molar-refractivity contribution >= 4 is 22.5 Å². The fourth-order valence-corrected chi connectivity index (χ4v) is 1.98. The Hall–Kier alpha value is -2.31. The molecule has 1 atom stereocenters. The smallest absolute Gasteiger partial charge is 0.417 e. The van der Waals surface area contributed by atoms with E-state index in [9.17, 15) is 18.0 Å². The molecule has 2 heterocycles. The molecule has 1 aromatic carbocycles. The van der Waals surface area contributed by atoms with Gasteiger partial charge < -0.3 is 10.1 Å². The molecule has 3 rings (SSSR count). The van der Waals surface area contributed by atoms with Crippen LogP contribution in [0, 0.1) is 0 Å². The topological polar surface area (TPSA) is 51.2 Å². The van der Waals surface area contributed by atoms with Gasteiger partial charge in [-0.1, -0.05) is 0 Å². The number of alkyl halides is 3. The van der Waals surface area contributed by atoms with Crippen LogP contribution in [0.4, 0.5) is 18.9 Å². The molecule has 1 aliphatic rings. The lowest BCUT2D eigenvalue weighted by atomic mass is 10.1. The number of fused-ring (bicyclic) bond motifs is 2. The molecular weight excluding hydrogens is 273 g/mol. The van der Waals surface area contributed by atoms with Crippen molar-refractivity contribution in [1.29, 1.82) is 0 Å². The minimum Gasteiger partial charge on any atom is -0.479 e. The molecular formula is C13H9F3N2O2. The fraction of sp³-hybridized carbons (Fsp3) is 0.231. The summed E-state index contributed by atoms with van der Waals surface area (Å²) in [5, 5.41) is 2.93. The van der Waals surface area contributed by atoms with Crippen molar-refractivity contribution in [2.75, 3.05) is 5.32 Å². The molecule has 0 saturated carbocycles. The average Bonchev–Trinajstić information content (AvgIpc) is 2.36. The minimum atomic E-state index is -4.44. The van der Waals surface area contributed by atoms with Gasteiger partial charge in [0.05, 0.1) is 16.8 Å². The van der Waals surface area contributed by atoms with E-state index in [-0.39, 0.29) is 5.91 Å². The third-order valence-electron chi connectivity index (χ3n) is 3.04. The normalized spacial score (nSPS) is 18.4. The maximum absolute atomic E-state index is 12.6. The Morgan fingerprint density at radius 3 is 2.75 bits per heavy atom. The van der Waals surface area contributed by atoms with E-state index in [0.717, 1.165) is 12.3 Å². The number of hydrogen-bond acceptors (Lipinski definition) is 3. The number of carbonyl (C=O) groups is 1. The number of nitrogens with one attached hydrogen (secondary N) is 1. The number of benzene rings is 1. The second-order valence-electron chi connectivity index (χ2n) is 4.51. The van der Waals surface area contributed by atoms with Crippen molar-refractivity contribution in [3.8, 4) is 5.75 Å². The summed E-state index contributed by atoms with van der Waals surface area (Å²) in [6, 6.07) is 3.95. The van der Waals surface area contributed by atoms with E-state index in [4.69, 9.17) is 4.74 Å². The van der Waals surface area contributed by atoms with Crippen LogP contribution in [-0.2, 0) is 11.0 Å². The lowest BCUT2D eigenvalue weighted by Crippen LogP contribution is -2.34. The van der Waals surface area contributed by atoms with Crippen molar-refractivity contribution in [3.05, 3.63) is 30.0 Å². The van der Waals surface area contributed by atoms with E-state index in [1.165, 1.54) is 12.1 Å². The lowest BCUT2D eigenvalue weighted by molar-refractivity contribution is -0.137. The molecule has 0 saturated heterocycles. The first kappa shape index (κ1) is 12.7. The minimum absolute atomic E-state index is 0.302. The summed E-state index contributed by atoms with van der Waals surface area (Å²) in [5.74, 6) is 0.0366. The molecule has 0 bridgehead atoms. The molecule has 1 aliphatic heterocycles. The number of carbonyl (C=O) groups excluding carboxylic acids is 1. The number of ether oxygens (including phenoxy) is 1. The first-order valence-corrected chi connectivity index (χ1v) is 5.83. The average molecular weight is 282 g/mol. The molecule has 104 valence electrons. The Morgan fingerprint density at radius 1 is 1.30 bits per heavy atom. The van der Waals surface area contributed by atoms with E-state index >= 15 is 0 Å². The third-order valence-corrected chi connectivity index (χ3v) is 3.04. The first-order chi connectivity index (χ1) is 9.34. The number of aromatic nitrogens is 1. The maximum atomic E-state index is 12.6.